The standard InChI is InChI=1S/C16H20N3O.Y/c1-12-6-7-14(18-19-8-4-3-5-9-19)10-15(12)16-17-13(2)11-20-16;/h6-7,10-11H,3-5,8-9H2,1-2H3;/q-1;. The van der Waals surface area contributed by atoms with E-state index in [0.29, 0.717) is 5.89 Å². The van der Waals surface area contributed by atoms with Crippen LogP contribution in [0.1, 0.15) is 30.5 Å². The SMILES string of the molecule is Cc1coc(-c2cc([N-]N3CCCCC3)ccc2C)n1.[Y]. The van der Waals surface area contributed by atoms with Gasteiger partial charge in [-0.2, -0.15) is 0 Å². The molecule has 0 aliphatic carbocycles. The molecule has 1 aliphatic rings. The zero-order valence-electron chi connectivity index (χ0n) is 12.7. The Kier molecular flexibility index (Phi) is 5.97. The summed E-state index contributed by atoms with van der Waals surface area (Å²) in [6, 6.07) is 6.20. The number of piperidine rings is 1. The van der Waals surface area contributed by atoms with Crippen molar-refractivity contribution in [3.63, 3.8) is 0 Å². The molecule has 5 heteroatoms. The van der Waals surface area contributed by atoms with Gasteiger partial charge < -0.3 is 14.9 Å². The number of oxazole rings is 1. The minimum atomic E-state index is 0. The van der Waals surface area contributed by atoms with E-state index in [4.69, 9.17) is 9.84 Å². The fourth-order valence-corrected chi connectivity index (χ4v) is 2.52. The van der Waals surface area contributed by atoms with Crippen molar-refractivity contribution in [1.29, 1.82) is 0 Å². The van der Waals surface area contributed by atoms with Crippen LogP contribution in [0.4, 0.5) is 5.69 Å². The van der Waals surface area contributed by atoms with Crippen LogP contribution >= 0.6 is 0 Å². The fourth-order valence-electron chi connectivity index (χ4n) is 2.52. The summed E-state index contributed by atoms with van der Waals surface area (Å²) in [6.45, 7) is 6.12. The zero-order chi connectivity index (χ0) is 13.9. The number of hydrogen-bond donors (Lipinski definition) is 0. The third-order valence-electron chi connectivity index (χ3n) is 3.66. The van der Waals surface area contributed by atoms with Crippen molar-refractivity contribution in [2.75, 3.05) is 13.1 Å². The van der Waals surface area contributed by atoms with E-state index in [9.17, 15) is 0 Å². The number of benzene rings is 1. The van der Waals surface area contributed by atoms with E-state index in [2.05, 4.69) is 35.1 Å². The molecule has 0 spiro atoms. The molecule has 4 nitrogen and oxygen atoms in total. The predicted molar refractivity (Wildman–Crippen MR) is 79.9 cm³/mol. The van der Waals surface area contributed by atoms with Gasteiger partial charge >= 0.3 is 0 Å². The number of nitrogens with zero attached hydrogens (tertiary/aromatic N) is 3. The van der Waals surface area contributed by atoms with Crippen LogP contribution in [0.25, 0.3) is 16.9 Å². The summed E-state index contributed by atoms with van der Waals surface area (Å²) < 4.78 is 5.51. The van der Waals surface area contributed by atoms with E-state index in [1.54, 1.807) is 6.26 Å². The Labute approximate surface area is 151 Å². The third-order valence-corrected chi connectivity index (χ3v) is 3.66. The number of rotatable bonds is 3. The first-order valence-corrected chi connectivity index (χ1v) is 7.22. The van der Waals surface area contributed by atoms with Crippen molar-refractivity contribution < 1.29 is 37.1 Å². The van der Waals surface area contributed by atoms with E-state index in [-0.39, 0.29) is 32.7 Å². The van der Waals surface area contributed by atoms with Gasteiger partial charge in [0, 0.05) is 38.3 Å². The quantitative estimate of drug-likeness (QED) is 0.818. The first kappa shape index (κ1) is 16.7. The molecule has 1 radical (unpaired) electrons. The molecule has 1 aromatic carbocycles. The van der Waals surface area contributed by atoms with Crippen molar-refractivity contribution in [2.24, 2.45) is 0 Å². The van der Waals surface area contributed by atoms with Gasteiger partial charge in [0.05, 0.1) is 5.69 Å². The molecule has 0 atom stereocenters. The average Bonchev–Trinajstić information content (AvgIpc) is 2.89. The van der Waals surface area contributed by atoms with Crippen molar-refractivity contribution in [3.8, 4) is 11.5 Å². The van der Waals surface area contributed by atoms with Crippen LogP contribution in [0.5, 0.6) is 0 Å². The normalized spacial score (nSPS) is 15.5. The van der Waals surface area contributed by atoms with Crippen LogP contribution in [0, 0.1) is 13.8 Å². The summed E-state index contributed by atoms with van der Waals surface area (Å²) in [4.78, 5) is 4.41. The van der Waals surface area contributed by atoms with Crippen LogP contribution in [-0.2, 0) is 32.7 Å². The Hall–Kier alpha value is -0.706. The van der Waals surface area contributed by atoms with Gasteiger partial charge in [0.25, 0.3) is 0 Å². The van der Waals surface area contributed by atoms with Crippen molar-refractivity contribution in [1.82, 2.24) is 9.99 Å². The molecule has 1 saturated heterocycles. The Morgan fingerprint density at radius 1 is 1.14 bits per heavy atom. The Balaban J connectivity index is 0.00000161. The number of hydrogen-bond acceptors (Lipinski definition) is 3. The van der Waals surface area contributed by atoms with Gasteiger partial charge in [0.15, 0.2) is 0 Å². The Bertz CT molecular complexity index is 591. The largest absolute Gasteiger partial charge is 0.620 e. The van der Waals surface area contributed by atoms with Crippen molar-refractivity contribution in [3.05, 3.63) is 41.1 Å². The molecule has 0 N–H and O–H groups in total. The van der Waals surface area contributed by atoms with Crippen LogP contribution in [0.2, 0.25) is 0 Å². The molecule has 2 aromatic rings. The van der Waals surface area contributed by atoms with E-state index < -0.39 is 0 Å². The van der Waals surface area contributed by atoms with E-state index in [1.807, 2.05) is 6.92 Å². The number of aromatic nitrogens is 1. The fraction of sp³-hybridized carbons (Fsp3) is 0.438. The van der Waals surface area contributed by atoms with Gasteiger partial charge in [-0.3, -0.25) is 0 Å². The molecule has 0 saturated carbocycles. The molecule has 109 valence electrons. The summed E-state index contributed by atoms with van der Waals surface area (Å²) in [5.41, 5.74) is 8.77. The zero-order valence-corrected chi connectivity index (χ0v) is 15.5. The molecule has 0 unspecified atom stereocenters. The number of aryl methyl sites for hydroxylation is 2. The minimum absolute atomic E-state index is 0. The summed E-state index contributed by atoms with van der Waals surface area (Å²) in [5, 5.41) is 2.17. The van der Waals surface area contributed by atoms with Gasteiger partial charge in [0.2, 0.25) is 5.89 Å². The first-order valence-electron chi connectivity index (χ1n) is 7.22. The maximum atomic E-state index is 5.51. The second kappa shape index (κ2) is 7.52. The van der Waals surface area contributed by atoms with E-state index in [1.165, 1.54) is 19.3 Å². The summed E-state index contributed by atoms with van der Waals surface area (Å²) in [7, 11) is 0. The Morgan fingerprint density at radius 2 is 1.90 bits per heavy atom. The van der Waals surface area contributed by atoms with Crippen LogP contribution in [0.3, 0.4) is 0 Å². The topological polar surface area (TPSA) is 43.4 Å². The van der Waals surface area contributed by atoms with Crippen LogP contribution < -0.4 is 0 Å². The van der Waals surface area contributed by atoms with Gasteiger partial charge in [-0.15, -0.1) is 5.69 Å². The maximum absolute atomic E-state index is 5.51. The molecule has 0 bridgehead atoms. The van der Waals surface area contributed by atoms with Gasteiger partial charge in [0.1, 0.15) is 6.26 Å². The molecule has 21 heavy (non-hydrogen) atoms. The molecule has 1 fully saturated rings. The van der Waals surface area contributed by atoms with E-state index >= 15 is 0 Å². The third kappa shape index (κ3) is 4.15. The molecular weight excluding hydrogens is 339 g/mol. The molecule has 2 heterocycles. The summed E-state index contributed by atoms with van der Waals surface area (Å²) >= 11 is 0. The Morgan fingerprint density at radius 3 is 2.57 bits per heavy atom. The smallest absolute Gasteiger partial charge is 0.226 e. The molecular formula is C16H20N3OY-. The van der Waals surface area contributed by atoms with Crippen molar-refractivity contribution in [2.45, 2.75) is 33.1 Å². The van der Waals surface area contributed by atoms with Gasteiger partial charge in [-0.25, -0.2) is 4.98 Å². The van der Waals surface area contributed by atoms with Gasteiger partial charge in [-0.05, 0) is 45.3 Å². The minimum Gasteiger partial charge on any atom is -0.620 e. The second-order valence-electron chi connectivity index (χ2n) is 5.41. The van der Waals surface area contributed by atoms with Crippen LogP contribution in [0.15, 0.2) is 28.9 Å². The molecule has 1 aliphatic heterocycles. The summed E-state index contributed by atoms with van der Waals surface area (Å²) in [6.07, 6.45) is 5.48. The first-order chi connectivity index (χ1) is 9.72. The van der Waals surface area contributed by atoms with Crippen LogP contribution in [-0.4, -0.2) is 23.1 Å². The summed E-state index contributed by atoms with van der Waals surface area (Å²) in [5.74, 6) is 0.677. The second-order valence-corrected chi connectivity index (χ2v) is 5.41. The monoisotopic (exact) mass is 359 g/mol. The average molecular weight is 359 g/mol. The molecule has 3 rings (SSSR count). The van der Waals surface area contributed by atoms with Crippen molar-refractivity contribution >= 4 is 5.69 Å². The predicted octanol–water partition coefficient (Wildman–Crippen LogP) is 4.36. The molecule has 1 aromatic heterocycles. The molecule has 0 amide bonds. The van der Waals surface area contributed by atoms with E-state index in [0.717, 1.165) is 35.6 Å². The maximum Gasteiger partial charge on any atom is 0.226 e. The van der Waals surface area contributed by atoms with Gasteiger partial charge in [-0.1, -0.05) is 24.6 Å².